The molecule has 2 rings (SSSR count). The number of rotatable bonds is 5. The van der Waals surface area contributed by atoms with Gasteiger partial charge in [-0.1, -0.05) is 13.8 Å². The van der Waals surface area contributed by atoms with Crippen LogP contribution in [0.2, 0.25) is 0 Å². The van der Waals surface area contributed by atoms with Crippen molar-refractivity contribution in [1.82, 2.24) is 0 Å². The Bertz CT molecular complexity index is 516. The third-order valence-corrected chi connectivity index (χ3v) is 4.45. The van der Waals surface area contributed by atoms with Gasteiger partial charge in [-0.2, -0.15) is 4.39 Å². The molecule has 0 radical (unpaired) electrons. The fourth-order valence-electron chi connectivity index (χ4n) is 2.94. The smallest absolute Gasteiger partial charge is 0.305 e. The van der Waals surface area contributed by atoms with Crippen LogP contribution in [0.15, 0.2) is 18.2 Å². The van der Waals surface area contributed by atoms with Gasteiger partial charge < -0.3 is 9.84 Å². The molecule has 1 aliphatic carbocycles. The Hall–Kier alpha value is -1.69. The van der Waals surface area contributed by atoms with Crippen LogP contribution in [0, 0.1) is 21.3 Å². The fraction of sp³-hybridized carbons (Fsp3) is 0.571. The number of aliphatic hydroxyl groups is 1. The molecule has 1 aliphatic rings. The number of nitro groups is 1. The number of hydrogen-bond acceptors (Lipinski definition) is 4. The second kappa shape index (κ2) is 5.36. The molecule has 0 bridgehead atoms. The minimum Gasteiger partial charge on any atom is -0.490 e. The Labute approximate surface area is 116 Å². The van der Waals surface area contributed by atoms with Crippen LogP contribution < -0.4 is 4.74 Å². The molecule has 2 atom stereocenters. The molecule has 1 aromatic carbocycles. The lowest BCUT2D eigenvalue weighted by Crippen LogP contribution is -2.59. The third kappa shape index (κ3) is 2.24. The number of halogens is 1. The van der Waals surface area contributed by atoms with Crippen molar-refractivity contribution in [2.24, 2.45) is 5.41 Å². The predicted octanol–water partition coefficient (Wildman–Crippen LogP) is 3.05. The van der Waals surface area contributed by atoms with E-state index in [2.05, 4.69) is 0 Å². The summed E-state index contributed by atoms with van der Waals surface area (Å²) in [4.78, 5) is 9.78. The van der Waals surface area contributed by atoms with Crippen LogP contribution >= 0.6 is 0 Å². The van der Waals surface area contributed by atoms with E-state index in [1.165, 1.54) is 6.07 Å². The molecule has 1 saturated carbocycles. The zero-order chi connectivity index (χ0) is 14.9. The number of benzene rings is 1. The Morgan fingerprint density at radius 3 is 2.60 bits per heavy atom. The third-order valence-electron chi connectivity index (χ3n) is 4.45. The van der Waals surface area contributed by atoms with Crippen LogP contribution in [-0.2, 0) is 0 Å². The summed E-state index contributed by atoms with van der Waals surface area (Å²) in [7, 11) is 0. The SMILES string of the molecule is CCC1(CC)C(O)CC1Oc1ccc([N+](=O)[O-])c(F)c1. The normalized spacial score (nSPS) is 24.0. The van der Waals surface area contributed by atoms with Crippen molar-refractivity contribution in [2.75, 3.05) is 0 Å². The van der Waals surface area contributed by atoms with E-state index in [0.29, 0.717) is 6.42 Å². The van der Waals surface area contributed by atoms with Gasteiger partial charge >= 0.3 is 5.69 Å². The van der Waals surface area contributed by atoms with Gasteiger partial charge in [-0.05, 0) is 18.9 Å². The van der Waals surface area contributed by atoms with E-state index in [1.807, 2.05) is 13.8 Å². The standard InChI is InChI=1S/C14H18FNO4/c1-3-14(4-2)12(17)8-13(14)20-9-5-6-11(16(18)19)10(15)7-9/h5-7,12-13,17H,3-4,8H2,1-2H3. The first-order valence-corrected chi connectivity index (χ1v) is 6.73. The van der Waals surface area contributed by atoms with Crippen LogP contribution in [0.5, 0.6) is 5.75 Å². The molecule has 5 nitrogen and oxygen atoms in total. The van der Waals surface area contributed by atoms with Crippen LogP contribution in [-0.4, -0.2) is 22.2 Å². The Kier molecular flexibility index (Phi) is 3.94. The minimum atomic E-state index is -0.911. The fourth-order valence-corrected chi connectivity index (χ4v) is 2.94. The van der Waals surface area contributed by atoms with Gasteiger partial charge in [0.25, 0.3) is 0 Å². The lowest BCUT2D eigenvalue weighted by Gasteiger charge is -2.52. The van der Waals surface area contributed by atoms with Gasteiger partial charge in [0, 0.05) is 24.0 Å². The summed E-state index contributed by atoms with van der Waals surface area (Å²) in [6, 6.07) is 3.51. The zero-order valence-electron chi connectivity index (χ0n) is 11.5. The average molecular weight is 283 g/mol. The van der Waals surface area contributed by atoms with Crippen molar-refractivity contribution in [3.63, 3.8) is 0 Å². The van der Waals surface area contributed by atoms with Crippen molar-refractivity contribution >= 4 is 5.69 Å². The molecule has 0 saturated heterocycles. The minimum absolute atomic E-state index is 0.187. The van der Waals surface area contributed by atoms with Gasteiger partial charge in [-0.15, -0.1) is 0 Å². The molecule has 2 unspecified atom stereocenters. The monoisotopic (exact) mass is 283 g/mol. The van der Waals surface area contributed by atoms with Gasteiger partial charge in [0.1, 0.15) is 11.9 Å². The van der Waals surface area contributed by atoms with E-state index in [9.17, 15) is 19.6 Å². The molecule has 1 aromatic rings. The second-order valence-electron chi connectivity index (χ2n) is 5.17. The van der Waals surface area contributed by atoms with Crippen molar-refractivity contribution in [3.8, 4) is 5.75 Å². The molecule has 0 heterocycles. The summed E-state index contributed by atoms with van der Waals surface area (Å²) in [5.74, 6) is -0.651. The molecule has 0 amide bonds. The number of nitro benzene ring substituents is 1. The summed E-state index contributed by atoms with van der Waals surface area (Å²) in [6.07, 6.45) is 1.44. The Morgan fingerprint density at radius 2 is 2.15 bits per heavy atom. The largest absolute Gasteiger partial charge is 0.490 e. The highest BCUT2D eigenvalue weighted by molar-refractivity contribution is 5.38. The topological polar surface area (TPSA) is 72.6 Å². The molecule has 0 aromatic heterocycles. The van der Waals surface area contributed by atoms with Crippen LogP contribution in [0.1, 0.15) is 33.1 Å². The van der Waals surface area contributed by atoms with E-state index < -0.39 is 22.5 Å². The first kappa shape index (κ1) is 14.7. The van der Waals surface area contributed by atoms with E-state index in [4.69, 9.17) is 4.74 Å². The molecule has 110 valence electrons. The maximum Gasteiger partial charge on any atom is 0.305 e. The van der Waals surface area contributed by atoms with Gasteiger partial charge in [0.2, 0.25) is 5.82 Å². The Morgan fingerprint density at radius 1 is 1.50 bits per heavy atom. The first-order chi connectivity index (χ1) is 9.44. The molecular weight excluding hydrogens is 265 g/mol. The van der Waals surface area contributed by atoms with Gasteiger partial charge in [-0.25, -0.2) is 0 Å². The van der Waals surface area contributed by atoms with Gasteiger partial charge in [0.05, 0.1) is 11.0 Å². The molecule has 1 fully saturated rings. The first-order valence-electron chi connectivity index (χ1n) is 6.73. The number of hydrogen-bond donors (Lipinski definition) is 1. The Balaban J connectivity index is 2.15. The number of ether oxygens (including phenoxy) is 1. The van der Waals surface area contributed by atoms with E-state index in [-0.39, 0.29) is 17.3 Å². The number of aliphatic hydroxyl groups excluding tert-OH is 1. The highest BCUT2D eigenvalue weighted by atomic mass is 19.1. The zero-order valence-corrected chi connectivity index (χ0v) is 11.5. The van der Waals surface area contributed by atoms with E-state index in [0.717, 1.165) is 25.0 Å². The molecule has 0 aliphatic heterocycles. The van der Waals surface area contributed by atoms with Crippen LogP contribution in [0.25, 0.3) is 0 Å². The quantitative estimate of drug-likeness (QED) is 0.666. The van der Waals surface area contributed by atoms with E-state index >= 15 is 0 Å². The molecule has 0 spiro atoms. The van der Waals surface area contributed by atoms with Crippen molar-refractivity contribution in [3.05, 3.63) is 34.1 Å². The highest BCUT2D eigenvalue weighted by Crippen LogP contribution is 2.49. The molecule has 6 heteroatoms. The highest BCUT2D eigenvalue weighted by Gasteiger charge is 2.53. The van der Waals surface area contributed by atoms with Crippen LogP contribution in [0.3, 0.4) is 0 Å². The van der Waals surface area contributed by atoms with Crippen molar-refractivity contribution < 1.29 is 19.2 Å². The molecule has 1 N–H and O–H groups in total. The van der Waals surface area contributed by atoms with Crippen molar-refractivity contribution in [2.45, 2.75) is 45.3 Å². The summed E-state index contributed by atoms with van der Waals surface area (Å²) in [6.45, 7) is 3.97. The van der Waals surface area contributed by atoms with Crippen LogP contribution in [0.4, 0.5) is 10.1 Å². The lowest BCUT2D eigenvalue weighted by atomic mass is 9.60. The predicted molar refractivity (Wildman–Crippen MR) is 71.1 cm³/mol. The van der Waals surface area contributed by atoms with E-state index in [1.54, 1.807) is 0 Å². The lowest BCUT2D eigenvalue weighted by molar-refractivity contribution is -0.387. The maximum atomic E-state index is 13.5. The summed E-state index contributed by atoms with van der Waals surface area (Å²) in [5.41, 5.74) is -0.874. The van der Waals surface area contributed by atoms with Crippen molar-refractivity contribution in [1.29, 1.82) is 0 Å². The van der Waals surface area contributed by atoms with Gasteiger partial charge in [-0.3, -0.25) is 10.1 Å². The summed E-state index contributed by atoms with van der Waals surface area (Å²) in [5, 5.41) is 20.5. The maximum absolute atomic E-state index is 13.5. The molecular formula is C14H18FNO4. The summed E-state index contributed by atoms with van der Waals surface area (Å²) >= 11 is 0. The number of nitrogens with zero attached hydrogens (tertiary/aromatic N) is 1. The molecule has 20 heavy (non-hydrogen) atoms. The second-order valence-corrected chi connectivity index (χ2v) is 5.17. The van der Waals surface area contributed by atoms with Gasteiger partial charge in [0.15, 0.2) is 0 Å². The average Bonchev–Trinajstić information content (AvgIpc) is 2.39. The summed E-state index contributed by atoms with van der Waals surface area (Å²) < 4.78 is 19.2.